The van der Waals surface area contributed by atoms with Crippen LogP contribution in [0, 0.1) is 0 Å². The van der Waals surface area contributed by atoms with Crippen LogP contribution in [0.5, 0.6) is 0 Å². The summed E-state index contributed by atoms with van der Waals surface area (Å²) < 4.78 is 2.03. The topological polar surface area (TPSA) is 20.2 Å². The van der Waals surface area contributed by atoms with E-state index in [2.05, 4.69) is 31.9 Å². The van der Waals surface area contributed by atoms with E-state index in [1.54, 1.807) is 11.3 Å². The number of benzene rings is 1. The van der Waals surface area contributed by atoms with Crippen molar-refractivity contribution in [2.75, 3.05) is 0 Å². The van der Waals surface area contributed by atoms with Gasteiger partial charge in [0.15, 0.2) is 0 Å². The molecule has 2 aromatic rings. The van der Waals surface area contributed by atoms with E-state index in [1.807, 2.05) is 35.7 Å². The lowest BCUT2D eigenvalue weighted by molar-refractivity contribution is 0.178. The molecule has 0 amide bonds. The first-order chi connectivity index (χ1) is 7.68. The van der Waals surface area contributed by atoms with Crippen molar-refractivity contribution in [3.63, 3.8) is 0 Å². The fraction of sp³-hybridized carbons (Fsp3) is 0.167. The van der Waals surface area contributed by atoms with Crippen LogP contribution in [0.1, 0.15) is 16.5 Å². The van der Waals surface area contributed by atoms with Crippen molar-refractivity contribution in [3.05, 3.63) is 55.1 Å². The lowest BCUT2D eigenvalue weighted by atomic mass is 10.1. The van der Waals surface area contributed by atoms with Gasteiger partial charge in [-0.05, 0) is 39.0 Å². The maximum atomic E-state index is 10.2. The molecule has 0 saturated carbocycles. The number of hydrogen-bond acceptors (Lipinski definition) is 2. The summed E-state index contributed by atoms with van der Waals surface area (Å²) in [5.41, 5.74) is 0.933. The van der Waals surface area contributed by atoms with Crippen molar-refractivity contribution >= 4 is 43.2 Å². The molecule has 0 aliphatic carbocycles. The zero-order valence-electron chi connectivity index (χ0n) is 8.36. The van der Waals surface area contributed by atoms with E-state index in [0.717, 1.165) is 14.5 Å². The first-order valence-electron chi connectivity index (χ1n) is 4.83. The number of aliphatic hydroxyl groups is 1. The molecule has 1 nitrogen and oxygen atoms in total. The molecule has 0 aliphatic rings. The number of rotatable bonds is 3. The van der Waals surface area contributed by atoms with E-state index in [9.17, 15) is 5.11 Å². The summed E-state index contributed by atoms with van der Waals surface area (Å²) in [5.74, 6) is 0. The van der Waals surface area contributed by atoms with Gasteiger partial charge in [0, 0.05) is 20.2 Å². The highest BCUT2D eigenvalue weighted by atomic mass is 79.9. The quantitative estimate of drug-likeness (QED) is 0.850. The minimum absolute atomic E-state index is 0.467. The lowest BCUT2D eigenvalue weighted by Crippen LogP contribution is -2.01. The summed E-state index contributed by atoms with van der Waals surface area (Å²) in [5, 5.41) is 12.2. The predicted molar refractivity (Wildman–Crippen MR) is 74.8 cm³/mol. The van der Waals surface area contributed by atoms with E-state index in [4.69, 9.17) is 0 Å². The van der Waals surface area contributed by atoms with Gasteiger partial charge in [-0.15, -0.1) is 11.3 Å². The molecule has 0 aliphatic heterocycles. The van der Waals surface area contributed by atoms with Gasteiger partial charge in [0.1, 0.15) is 0 Å². The highest BCUT2D eigenvalue weighted by Gasteiger charge is 2.13. The van der Waals surface area contributed by atoms with Crippen LogP contribution in [0.15, 0.2) is 44.7 Å². The maximum Gasteiger partial charge on any atom is 0.0849 e. The SMILES string of the molecule is OC(Cc1sccc1Br)c1ccccc1Br. The summed E-state index contributed by atoms with van der Waals surface area (Å²) in [4.78, 5) is 1.17. The summed E-state index contributed by atoms with van der Waals surface area (Å²) in [7, 11) is 0. The van der Waals surface area contributed by atoms with E-state index >= 15 is 0 Å². The van der Waals surface area contributed by atoms with Crippen LogP contribution in [-0.4, -0.2) is 5.11 Å². The molecule has 1 N–H and O–H groups in total. The molecule has 1 heterocycles. The first kappa shape index (κ1) is 12.3. The molecular weight excluding hydrogens is 352 g/mol. The molecule has 0 spiro atoms. The average Bonchev–Trinajstić information content (AvgIpc) is 2.65. The highest BCUT2D eigenvalue weighted by molar-refractivity contribution is 9.10. The minimum atomic E-state index is -0.467. The Morgan fingerprint density at radius 3 is 2.50 bits per heavy atom. The fourth-order valence-electron chi connectivity index (χ4n) is 1.50. The Morgan fingerprint density at radius 2 is 1.88 bits per heavy atom. The van der Waals surface area contributed by atoms with Gasteiger partial charge in [-0.25, -0.2) is 0 Å². The van der Waals surface area contributed by atoms with Crippen LogP contribution in [0.4, 0.5) is 0 Å². The molecule has 1 atom stereocenters. The average molecular weight is 362 g/mol. The van der Waals surface area contributed by atoms with Crippen LogP contribution in [0.2, 0.25) is 0 Å². The summed E-state index contributed by atoms with van der Waals surface area (Å²) in [6, 6.07) is 9.78. The highest BCUT2D eigenvalue weighted by Crippen LogP contribution is 2.30. The van der Waals surface area contributed by atoms with Gasteiger partial charge in [0.05, 0.1) is 6.10 Å². The minimum Gasteiger partial charge on any atom is -0.388 e. The molecule has 4 heteroatoms. The van der Waals surface area contributed by atoms with Crippen LogP contribution in [-0.2, 0) is 6.42 Å². The van der Waals surface area contributed by atoms with Gasteiger partial charge in [-0.2, -0.15) is 0 Å². The Bertz CT molecular complexity index is 481. The Balaban J connectivity index is 2.18. The zero-order valence-corrected chi connectivity index (χ0v) is 12.3. The predicted octanol–water partition coefficient (Wildman–Crippen LogP) is 4.55. The van der Waals surface area contributed by atoms with Gasteiger partial charge < -0.3 is 5.11 Å². The number of hydrogen-bond donors (Lipinski definition) is 1. The summed E-state index contributed by atoms with van der Waals surface area (Å²) in [6.45, 7) is 0. The third kappa shape index (κ3) is 2.74. The number of thiophene rings is 1. The third-order valence-electron chi connectivity index (χ3n) is 2.33. The van der Waals surface area contributed by atoms with Gasteiger partial charge >= 0.3 is 0 Å². The van der Waals surface area contributed by atoms with Crippen molar-refractivity contribution in [2.45, 2.75) is 12.5 Å². The van der Waals surface area contributed by atoms with Gasteiger partial charge in [-0.3, -0.25) is 0 Å². The molecule has 0 bridgehead atoms. The van der Waals surface area contributed by atoms with Crippen molar-refractivity contribution in [2.24, 2.45) is 0 Å². The van der Waals surface area contributed by atoms with E-state index in [-0.39, 0.29) is 0 Å². The monoisotopic (exact) mass is 360 g/mol. The van der Waals surface area contributed by atoms with Gasteiger partial charge in [0.2, 0.25) is 0 Å². The molecule has 0 fully saturated rings. The normalized spacial score (nSPS) is 12.7. The summed E-state index contributed by atoms with van der Waals surface area (Å²) >= 11 is 8.58. The van der Waals surface area contributed by atoms with Crippen LogP contribution in [0.3, 0.4) is 0 Å². The molecule has 2 rings (SSSR count). The van der Waals surface area contributed by atoms with E-state index < -0.39 is 6.10 Å². The molecule has 16 heavy (non-hydrogen) atoms. The Hall–Kier alpha value is -0.160. The number of halogens is 2. The summed E-state index contributed by atoms with van der Waals surface area (Å²) in [6.07, 6.45) is 0.173. The van der Waals surface area contributed by atoms with Crippen molar-refractivity contribution in [1.82, 2.24) is 0 Å². The molecular formula is C12H10Br2OS. The van der Waals surface area contributed by atoms with Crippen LogP contribution >= 0.6 is 43.2 Å². The Labute approximate surface area is 115 Å². The molecule has 1 aromatic carbocycles. The largest absolute Gasteiger partial charge is 0.388 e. The van der Waals surface area contributed by atoms with Crippen molar-refractivity contribution in [3.8, 4) is 0 Å². The maximum absolute atomic E-state index is 10.2. The van der Waals surface area contributed by atoms with Gasteiger partial charge in [0.25, 0.3) is 0 Å². The smallest absolute Gasteiger partial charge is 0.0849 e. The first-order valence-corrected chi connectivity index (χ1v) is 7.29. The lowest BCUT2D eigenvalue weighted by Gasteiger charge is -2.12. The van der Waals surface area contributed by atoms with Crippen LogP contribution in [0.25, 0.3) is 0 Å². The third-order valence-corrected chi connectivity index (χ3v) is 5.00. The van der Waals surface area contributed by atoms with Gasteiger partial charge in [-0.1, -0.05) is 34.1 Å². The van der Waals surface area contributed by atoms with E-state index in [0.29, 0.717) is 6.42 Å². The molecule has 0 saturated heterocycles. The molecule has 1 aromatic heterocycles. The number of aliphatic hydroxyl groups excluding tert-OH is 1. The van der Waals surface area contributed by atoms with E-state index in [1.165, 1.54) is 4.88 Å². The molecule has 84 valence electrons. The fourth-order valence-corrected chi connectivity index (χ4v) is 3.60. The van der Waals surface area contributed by atoms with Crippen molar-refractivity contribution < 1.29 is 5.11 Å². The second-order valence-corrected chi connectivity index (χ2v) is 6.14. The Kier molecular flexibility index (Phi) is 4.19. The second-order valence-electron chi connectivity index (χ2n) is 3.43. The Morgan fingerprint density at radius 1 is 1.12 bits per heavy atom. The van der Waals surface area contributed by atoms with Crippen LogP contribution < -0.4 is 0 Å². The molecule has 1 unspecified atom stereocenters. The van der Waals surface area contributed by atoms with Crippen molar-refractivity contribution in [1.29, 1.82) is 0 Å². The zero-order chi connectivity index (χ0) is 11.5. The second kappa shape index (κ2) is 5.45. The molecule has 0 radical (unpaired) electrons. The standard InChI is InChI=1S/C12H10Br2OS/c13-9-4-2-1-3-8(9)11(15)7-12-10(14)5-6-16-12/h1-6,11,15H,7H2.